The monoisotopic (exact) mass is 429 g/mol. The lowest BCUT2D eigenvalue weighted by Gasteiger charge is -2.39. The van der Waals surface area contributed by atoms with Crippen molar-refractivity contribution in [3.05, 3.63) is 35.9 Å². The van der Waals surface area contributed by atoms with Crippen molar-refractivity contribution in [1.82, 2.24) is 20.9 Å². The summed E-state index contributed by atoms with van der Waals surface area (Å²) in [6, 6.07) is 11.1. The Morgan fingerprint density at radius 3 is 2.68 bits per heavy atom. The number of amides is 1. The zero-order valence-electron chi connectivity index (χ0n) is 19.3. The molecule has 2 aliphatic rings. The number of hydrogen-bond donors (Lipinski definition) is 3. The van der Waals surface area contributed by atoms with E-state index in [2.05, 4.69) is 60.1 Å². The normalized spacial score (nSPS) is 22.2. The fourth-order valence-electron chi connectivity index (χ4n) is 4.47. The van der Waals surface area contributed by atoms with E-state index in [-0.39, 0.29) is 23.5 Å². The fourth-order valence-corrected chi connectivity index (χ4v) is 4.47. The second kappa shape index (κ2) is 11.5. The standard InChI is InChI=1S/C24H39N5O2/c1-4-22(30)29-14-11-21(17-29)27-23(25-5-2)26-18-24(12-15-31-16-13-24)28-19(3)20-9-7-6-8-10-20/h6-10,19,21,28H,4-5,11-18H2,1-3H3,(H2,25,26,27). The van der Waals surface area contributed by atoms with Crippen LogP contribution in [0, 0.1) is 0 Å². The molecule has 2 heterocycles. The number of carbonyl (C=O) groups is 1. The molecular weight excluding hydrogens is 390 g/mol. The summed E-state index contributed by atoms with van der Waals surface area (Å²) in [5.41, 5.74) is 1.20. The Morgan fingerprint density at radius 2 is 2.00 bits per heavy atom. The van der Waals surface area contributed by atoms with Crippen molar-refractivity contribution in [3.8, 4) is 0 Å². The predicted octanol–water partition coefficient (Wildman–Crippen LogP) is 2.45. The maximum Gasteiger partial charge on any atom is 0.222 e. The minimum Gasteiger partial charge on any atom is -0.381 e. The average Bonchev–Trinajstić information content (AvgIpc) is 3.27. The third-order valence-corrected chi connectivity index (χ3v) is 6.34. The van der Waals surface area contributed by atoms with Crippen molar-refractivity contribution < 1.29 is 9.53 Å². The van der Waals surface area contributed by atoms with Crippen LogP contribution in [-0.4, -0.2) is 67.7 Å². The SMILES string of the molecule is CCNC(=NCC1(NC(C)c2ccccc2)CCOCC1)NC1CCN(C(=O)CC)C1. The molecule has 2 saturated heterocycles. The van der Waals surface area contributed by atoms with E-state index in [1.54, 1.807) is 0 Å². The molecule has 31 heavy (non-hydrogen) atoms. The van der Waals surface area contributed by atoms with E-state index in [1.807, 2.05) is 11.8 Å². The Balaban J connectivity index is 1.66. The van der Waals surface area contributed by atoms with Crippen LogP contribution in [0.4, 0.5) is 0 Å². The summed E-state index contributed by atoms with van der Waals surface area (Å²) < 4.78 is 5.66. The molecule has 2 fully saturated rings. The van der Waals surface area contributed by atoms with Gasteiger partial charge >= 0.3 is 0 Å². The van der Waals surface area contributed by atoms with E-state index in [0.29, 0.717) is 13.0 Å². The average molecular weight is 430 g/mol. The third-order valence-electron chi connectivity index (χ3n) is 6.34. The van der Waals surface area contributed by atoms with Gasteiger partial charge in [-0.05, 0) is 38.7 Å². The summed E-state index contributed by atoms with van der Waals surface area (Å²) in [7, 11) is 0. The van der Waals surface area contributed by atoms with Crippen molar-refractivity contribution >= 4 is 11.9 Å². The zero-order valence-corrected chi connectivity index (χ0v) is 19.3. The number of guanidine groups is 1. The van der Waals surface area contributed by atoms with Gasteiger partial charge in [-0.2, -0.15) is 0 Å². The highest BCUT2D eigenvalue weighted by atomic mass is 16.5. The quantitative estimate of drug-likeness (QED) is 0.437. The lowest BCUT2D eigenvalue weighted by molar-refractivity contribution is -0.129. The Labute approximate surface area is 187 Å². The van der Waals surface area contributed by atoms with Crippen LogP contribution in [0.25, 0.3) is 0 Å². The number of hydrogen-bond acceptors (Lipinski definition) is 4. The molecule has 2 unspecified atom stereocenters. The van der Waals surface area contributed by atoms with Crippen LogP contribution in [0.15, 0.2) is 35.3 Å². The van der Waals surface area contributed by atoms with Gasteiger partial charge in [-0.3, -0.25) is 9.79 Å². The Morgan fingerprint density at radius 1 is 1.26 bits per heavy atom. The number of likely N-dealkylation sites (tertiary alicyclic amines) is 1. The van der Waals surface area contributed by atoms with Gasteiger partial charge in [0.15, 0.2) is 5.96 Å². The molecule has 3 N–H and O–H groups in total. The summed E-state index contributed by atoms with van der Waals surface area (Å²) in [5.74, 6) is 1.06. The lowest BCUT2D eigenvalue weighted by atomic mass is 9.88. The Hall–Kier alpha value is -2.12. The maximum atomic E-state index is 12.0. The summed E-state index contributed by atoms with van der Waals surface area (Å²) in [4.78, 5) is 18.9. The molecule has 0 aromatic heterocycles. The summed E-state index contributed by atoms with van der Waals surface area (Å²) in [6.45, 7) is 10.8. The van der Waals surface area contributed by atoms with Gasteiger partial charge in [0, 0.05) is 56.9 Å². The van der Waals surface area contributed by atoms with E-state index in [0.717, 1.165) is 58.1 Å². The molecule has 1 aromatic carbocycles. The van der Waals surface area contributed by atoms with Gasteiger partial charge in [0.2, 0.25) is 5.91 Å². The summed E-state index contributed by atoms with van der Waals surface area (Å²) in [5, 5.41) is 10.8. The van der Waals surface area contributed by atoms with Crippen LogP contribution in [0.1, 0.15) is 58.1 Å². The van der Waals surface area contributed by atoms with E-state index in [9.17, 15) is 4.79 Å². The first-order valence-electron chi connectivity index (χ1n) is 11.8. The van der Waals surface area contributed by atoms with E-state index in [4.69, 9.17) is 9.73 Å². The fraction of sp³-hybridized carbons (Fsp3) is 0.667. The van der Waals surface area contributed by atoms with Gasteiger partial charge in [0.05, 0.1) is 6.54 Å². The molecule has 0 radical (unpaired) electrons. The van der Waals surface area contributed by atoms with E-state index >= 15 is 0 Å². The van der Waals surface area contributed by atoms with Gasteiger partial charge in [-0.15, -0.1) is 0 Å². The number of rotatable bonds is 8. The molecule has 172 valence electrons. The smallest absolute Gasteiger partial charge is 0.222 e. The molecule has 2 atom stereocenters. The molecule has 1 amide bonds. The van der Waals surface area contributed by atoms with Crippen molar-refractivity contribution in [2.75, 3.05) is 39.4 Å². The topological polar surface area (TPSA) is 78.0 Å². The number of nitrogens with one attached hydrogen (secondary N) is 3. The van der Waals surface area contributed by atoms with Gasteiger partial charge in [0.25, 0.3) is 0 Å². The van der Waals surface area contributed by atoms with Crippen LogP contribution >= 0.6 is 0 Å². The van der Waals surface area contributed by atoms with Crippen LogP contribution in [0.3, 0.4) is 0 Å². The molecule has 3 rings (SSSR count). The number of nitrogens with zero attached hydrogens (tertiary/aromatic N) is 2. The van der Waals surface area contributed by atoms with Crippen LogP contribution in [0.5, 0.6) is 0 Å². The van der Waals surface area contributed by atoms with E-state index in [1.165, 1.54) is 5.56 Å². The highest BCUT2D eigenvalue weighted by molar-refractivity contribution is 5.80. The third kappa shape index (κ3) is 6.68. The van der Waals surface area contributed by atoms with Crippen LogP contribution in [-0.2, 0) is 9.53 Å². The lowest BCUT2D eigenvalue weighted by Crippen LogP contribution is -2.53. The van der Waals surface area contributed by atoms with Crippen molar-refractivity contribution in [2.45, 2.75) is 64.1 Å². The molecule has 0 bridgehead atoms. The highest BCUT2D eigenvalue weighted by Crippen LogP contribution is 2.26. The second-order valence-electron chi connectivity index (χ2n) is 8.69. The minimum absolute atomic E-state index is 0.0876. The first-order chi connectivity index (χ1) is 15.0. The molecule has 1 aromatic rings. The molecule has 0 spiro atoms. The molecule has 7 heteroatoms. The number of benzene rings is 1. The van der Waals surface area contributed by atoms with Crippen LogP contribution < -0.4 is 16.0 Å². The highest BCUT2D eigenvalue weighted by Gasteiger charge is 2.34. The Bertz CT molecular complexity index is 718. The first-order valence-corrected chi connectivity index (χ1v) is 11.8. The maximum absolute atomic E-state index is 12.0. The van der Waals surface area contributed by atoms with Gasteiger partial charge in [-0.25, -0.2) is 0 Å². The molecular formula is C24H39N5O2. The second-order valence-corrected chi connectivity index (χ2v) is 8.69. The number of ether oxygens (including phenoxy) is 1. The molecule has 0 aliphatic carbocycles. The molecule has 7 nitrogen and oxygen atoms in total. The van der Waals surface area contributed by atoms with Crippen molar-refractivity contribution in [1.29, 1.82) is 0 Å². The summed E-state index contributed by atoms with van der Waals surface area (Å²) >= 11 is 0. The number of aliphatic imine (C=N–C) groups is 1. The molecule has 2 aliphatic heterocycles. The summed E-state index contributed by atoms with van der Waals surface area (Å²) in [6.07, 6.45) is 3.40. The van der Waals surface area contributed by atoms with Crippen molar-refractivity contribution in [2.24, 2.45) is 4.99 Å². The molecule has 0 saturated carbocycles. The van der Waals surface area contributed by atoms with Crippen molar-refractivity contribution in [3.63, 3.8) is 0 Å². The van der Waals surface area contributed by atoms with E-state index < -0.39 is 0 Å². The van der Waals surface area contributed by atoms with Gasteiger partial charge in [0.1, 0.15) is 0 Å². The predicted molar refractivity (Wildman–Crippen MR) is 125 cm³/mol. The van der Waals surface area contributed by atoms with Crippen LogP contribution in [0.2, 0.25) is 0 Å². The largest absolute Gasteiger partial charge is 0.381 e. The van der Waals surface area contributed by atoms with Gasteiger partial charge < -0.3 is 25.6 Å². The van der Waals surface area contributed by atoms with Gasteiger partial charge in [-0.1, -0.05) is 37.3 Å². The Kier molecular flexibility index (Phi) is 8.72. The number of carbonyl (C=O) groups excluding carboxylic acids is 1. The first kappa shape index (κ1) is 23.5. The minimum atomic E-state index is -0.0876. The zero-order chi connectivity index (χ0) is 22.1.